The first kappa shape index (κ1) is 10.2. The van der Waals surface area contributed by atoms with Gasteiger partial charge in [0, 0.05) is 21.6 Å². The quantitative estimate of drug-likeness (QED) is 0.822. The molecule has 1 unspecified atom stereocenters. The fourth-order valence-corrected chi connectivity index (χ4v) is 2.65. The van der Waals surface area contributed by atoms with Gasteiger partial charge in [-0.3, -0.25) is 0 Å². The summed E-state index contributed by atoms with van der Waals surface area (Å²) in [6.45, 7) is 2.31. The highest BCUT2D eigenvalue weighted by Crippen LogP contribution is 2.22. The Labute approximate surface area is 100.0 Å². The van der Waals surface area contributed by atoms with Crippen molar-refractivity contribution in [2.24, 2.45) is 5.92 Å². The molecule has 2 nitrogen and oxygen atoms in total. The summed E-state index contributed by atoms with van der Waals surface area (Å²) < 4.78 is 0. The minimum Gasteiger partial charge on any atom is -0.358 e. The fraction of sp³-hybridized carbons (Fsp3) is 0.385. The zero-order valence-electron chi connectivity index (χ0n) is 9.09. The Morgan fingerprint density at radius 3 is 3.06 bits per heavy atom. The van der Waals surface area contributed by atoms with Gasteiger partial charge in [-0.1, -0.05) is 11.6 Å². The molecule has 1 aliphatic heterocycles. The molecule has 1 aromatic carbocycles. The predicted molar refractivity (Wildman–Crippen MR) is 68.0 cm³/mol. The van der Waals surface area contributed by atoms with Crippen molar-refractivity contribution >= 4 is 22.5 Å². The lowest BCUT2D eigenvalue weighted by atomic mass is 10.0. The van der Waals surface area contributed by atoms with Gasteiger partial charge in [-0.25, -0.2) is 0 Å². The predicted octanol–water partition coefficient (Wildman–Crippen LogP) is 2.97. The smallest absolute Gasteiger partial charge is 0.0457 e. The standard InChI is InChI=1S/C13H15ClN2/c14-11-1-2-13-10(6-11)7-12(16-13)5-9-3-4-15-8-9/h1-2,6-7,9,15-16H,3-5,8H2. The third kappa shape index (κ3) is 1.95. The van der Waals surface area contributed by atoms with E-state index in [1.165, 1.54) is 23.0 Å². The van der Waals surface area contributed by atoms with E-state index in [1.54, 1.807) is 0 Å². The first-order valence-corrected chi connectivity index (χ1v) is 6.17. The Hall–Kier alpha value is -0.990. The fourth-order valence-electron chi connectivity index (χ4n) is 2.47. The molecule has 0 saturated carbocycles. The number of H-pyrrole nitrogens is 1. The zero-order valence-corrected chi connectivity index (χ0v) is 9.85. The van der Waals surface area contributed by atoms with Gasteiger partial charge < -0.3 is 10.3 Å². The van der Waals surface area contributed by atoms with Crippen LogP contribution in [0.5, 0.6) is 0 Å². The molecule has 1 saturated heterocycles. The second kappa shape index (κ2) is 4.11. The molecule has 3 heteroatoms. The molecule has 2 heterocycles. The van der Waals surface area contributed by atoms with Gasteiger partial charge in [-0.05, 0) is 56.1 Å². The molecule has 1 fully saturated rings. The van der Waals surface area contributed by atoms with Crippen LogP contribution in [0.4, 0.5) is 0 Å². The summed E-state index contributed by atoms with van der Waals surface area (Å²) in [6, 6.07) is 8.22. The van der Waals surface area contributed by atoms with Gasteiger partial charge in [0.05, 0.1) is 0 Å². The molecule has 2 aromatic rings. The van der Waals surface area contributed by atoms with Gasteiger partial charge in [0.15, 0.2) is 0 Å². The maximum atomic E-state index is 5.97. The van der Waals surface area contributed by atoms with Crippen molar-refractivity contribution in [3.8, 4) is 0 Å². The summed E-state index contributed by atoms with van der Waals surface area (Å²) >= 11 is 5.97. The summed E-state index contributed by atoms with van der Waals surface area (Å²) in [5, 5.41) is 5.42. The number of fused-ring (bicyclic) bond motifs is 1. The van der Waals surface area contributed by atoms with Crippen molar-refractivity contribution in [2.45, 2.75) is 12.8 Å². The van der Waals surface area contributed by atoms with Crippen LogP contribution >= 0.6 is 11.6 Å². The highest BCUT2D eigenvalue weighted by atomic mass is 35.5. The topological polar surface area (TPSA) is 27.8 Å². The molecule has 1 atom stereocenters. The Morgan fingerprint density at radius 1 is 1.31 bits per heavy atom. The molecule has 0 radical (unpaired) electrons. The van der Waals surface area contributed by atoms with Gasteiger partial charge in [-0.15, -0.1) is 0 Å². The first-order chi connectivity index (χ1) is 7.81. The number of hydrogen-bond donors (Lipinski definition) is 2. The third-order valence-electron chi connectivity index (χ3n) is 3.31. The molecule has 1 aromatic heterocycles. The molecule has 16 heavy (non-hydrogen) atoms. The van der Waals surface area contributed by atoms with Crippen molar-refractivity contribution in [3.05, 3.63) is 35.0 Å². The Balaban J connectivity index is 1.86. The molecule has 0 spiro atoms. The third-order valence-corrected chi connectivity index (χ3v) is 3.54. The van der Waals surface area contributed by atoms with E-state index in [2.05, 4.69) is 16.4 Å². The van der Waals surface area contributed by atoms with Crippen LogP contribution in [0.3, 0.4) is 0 Å². The average Bonchev–Trinajstić information content (AvgIpc) is 2.86. The number of nitrogens with one attached hydrogen (secondary N) is 2. The van der Waals surface area contributed by atoms with E-state index in [1.807, 2.05) is 18.2 Å². The van der Waals surface area contributed by atoms with Crippen molar-refractivity contribution in [1.29, 1.82) is 0 Å². The largest absolute Gasteiger partial charge is 0.358 e. The zero-order chi connectivity index (χ0) is 11.0. The molecule has 0 amide bonds. The second-order valence-electron chi connectivity index (χ2n) is 4.59. The van der Waals surface area contributed by atoms with Crippen LogP contribution in [0.25, 0.3) is 10.9 Å². The lowest BCUT2D eigenvalue weighted by molar-refractivity contribution is 0.574. The highest BCUT2D eigenvalue weighted by molar-refractivity contribution is 6.31. The van der Waals surface area contributed by atoms with Crippen LogP contribution in [0, 0.1) is 5.92 Å². The minimum atomic E-state index is 0.781. The van der Waals surface area contributed by atoms with Crippen LogP contribution in [-0.2, 0) is 6.42 Å². The Bertz CT molecular complexity index is 498. The summed E-state index contributed by atoms with van der Waals surface area (Å²) in [6.07, 6.45) is 2.43. The molecule has 3 rings (SSSR count). The van der Waals surface area contributed by atoms with E-state index >= 15 is 0 Å². The normalized spacial score (nSPS) is 20.7. The molecule has 1 aliphatic rings. The van der Waals surface area contributed by atoms with Gasteiger partial charge in [0.25, 0.3) is 0 Å². The van der Waals surface area contributed by atoms with E-state index in [4.69, 9.17) is 11.6 Å². The van der Waals surface area contributed by atoms with Crippen LogP contribution in [-0.4, -0.2) is 18.1 Å². The summed E-state index contributed by atoms with van der Waals surface area (Å²) in [7, 11) is 0. The molecule has 0 bridgehead atoms. The lowest BCUT2D eigenvalue weighted by Crippen LogP contribution is -2.10. The van der Waals surface area contributed by atoms with Crippen LogP contribution in [0.1, 0.15) is 12.1 Å². The summed E-state index contributed by atoms with van der Waals surface area (Å²) in [5.74, 6) is 0.781. The number of rotatable bonds is 2. The van der Waals surface area contributed by atoms with E-state index in [0.29, 0.717) is 0 Å². The number of benzene rings is 1. The van der Waals surface area contributed by atoms with E-state index in [0.717, 1.165) is 30.5 Å². The van der Waals surface area contributed by atoms with E-state index < -0.39 is 0 Å². The molecular formula is C13H15ClN2. The molecular weight excluding hydrogens is 220 g/mol. The Kier molecular flexibility index (Phi) is 2.62. The van der Waals surface area contributed by atoms with Gasteiger partial charge in [0.2, 0.25) is 0 Å². The Morgan fingerprint density at radius 2 is 2.25 bits per heavy atom. The first-order valence-electron chi connectivity index (χ1n) is 5.79. The summed E-state index contributed by atoms with van der Waals surface area (Å²) in [4.78, 5) is 3.46. The monoisotopic (exact) mass is 234 g/mol. The van der Waals surface area contributed by atoms with Crippen LogP contribution < -0.4 is 5.32 Å². The van der Waals surface area contributed by atoms with Crippen molar-refractivity contribution < 1.29 is 0 Å². The van der Waals surface area contributed by atoms with Gasteiger partial charge >= 0.3 is 0 Å². The van der Waals surface area contributed by atoms with E-state index in [9.17, 15) is 0 Å². The summed E-state index contributed by atoms with van der Waals surface area (Å²) in [5.41, 5.74) is 2.51. The molecule has 0 aliphatic carbocycles. The average molecular weight is 235 g/mol. The van der Waals surface area contributed by atoms with Gasteiger partial charge in [0.1, 0.15) is 0 Å². The number of hydrogen-bond acceptors (Lipinski definition) is 1. The van der Waals surface area contributed by atoms with E-state index in [-0.39, 0.29) is 0 Å². The number of aromatic nitrogens is 1. The number of halogens is 1. The lowest BCUT2D eigenvalue weighted by Gasteiger charge is -2.04. The number of aromatic amines is 1. The SMILES string of the molecule is Clc1ccc2[nH]c(CC3CCNC3)cc2c1. The minimum absolute atomic E-state index is 0.781. The van der Waals surface area contributed by atoms with Crippen molar-refractivity contribution in [1.82, 2.24) is 10.3 Å². The molecule has 84 valence electrons. The van der Waals surface area contributed by atoms with Gasteiger partial charge in [-0.2, -0.15) is 0 Å². The van der Waals surface area contributed by atoms with Crippen LogP contribution in [0.15, 0.2) is 24.3 Å². The second-order valence-corrected chi connectivity index (χ2v) is 5.03. The van der Waals surface area contributed by atoms with Crippen molar-refractivity contribution in [3.63, 3.8) is 0 Å². The van der Waals surface area contributed by atoms with Crippen LogP contribution in [0.2, 0.25) is 5.02 Å². The maximum absolute atomic E-state index is 5.97. The molecule has 2 N–H and O–H groups in total. The highest BCUT2D eigenvalue weighted by Gasteiger charge is 2.15. The maximum Gasteiger partial charge on any atom is 0.0457 e. The van der Waals surface area contributed by atoms with Crippen molar-refractivity contribution in [2.75, 3.05) is 13.1 Å².